The number of aromatic nitrogens is 2. The van der Waals surface area contributed by atoms with E-state index >= 15 is 0 Å². The van der Waals surface area contributed by atoms with E-state index in [1.54, 1.807) is 37.5 Å². The van der Waals surface area contributed by atoms with Crippen LogP contribution in [0.2, 0.25) is 0 Å². The number of ether oxygens (including phenoxy) is 2. The summed E-state index contributed by atoms with van der Waals surface area (Å²) in [7, 11) is -4.40. The molecule has 3 unspecified atom stereocenters. The molecule has 1 saturated heterocycles. The van der Waals surface area contributed by atoms with E-state index in [2.05, 4.69) is 16.0 Å². The van der Waals surface area contributed by atoms with Crippen molar-refractivity contribution in [2.24, 2.45) is 0 Å². The van der Waals surface area contributed by atoms with Gasteiger partial charge < -0.3 is 24.2 Å². The van der Waals surface area contributed by atoms with E-state index in [1.165, 1.54) is 25.1 Å². The third kappa shape index (κ3) is 6.58. The van der Waals surface area contributed by atoms with Gasteiger partial charge >= 0.3 is 19.4 Å². The molecule has 2 heterocycles. The number of carbonyl (C=O) groups is 1. The number of anilines is 1. The van der Waals surface area contributed by atoms with Gasteiger partial charge in [-0.25, -0.2) is 9.36 Å². The molecule has 0 spiro atoms. The van der Waals surface area contributed by atoms with Crippen molar-refractivity contribution in [1.29, 1.82) is 0 Å². The van der Waals surface area contributed by atoms with E-state index in [9.17, 15) is 24.4 Å². The number of aliphatic hydroxyl groups excluding tert-OH is 2. The van der Waals surface area contributed by atoms with Crippen LogP contribution in [-0.4, -0.2) is 67.5 Å². The van der Waals surface area contributed by atoms with Gasteiger partial charge in [0.25, 0.3) is 0 Å². The molecule has 0 bridgehead atoms. The van der Waals surface area contributed by atoms with Gasteiger partial charge in [0.05, 0.1) is 6.10 Å². The highest BCUT2D eigenvalue weighted by Crippen LogP contribution is 2.47. The van der Waals surface area contributed by atoms with Gasteiger partial charge in [0.2, 0.25) is 0 Å². The normalized spacial score (nSPS) is 25.3. The number of nitrogens with zero attached hydrogens (tertiary/aromatic N) is 2. The van der Waals surface area contributed by atoms with Gasteiger partial charge in [-0.15, -0.1) is 6.42 Å². The molecule has 6 atom stereocenters. The van der Waals surface area contributed by atoms with Crippen LogP contribution in [0.4, 0.5) is 5.82 Å². The predicted molar refractivity (Wildman–Crippen MR) is 132 cm³/mol. The Hall–Kier alpha value is -3.28. The first kappa shape index (κ1) is 29.3. The summed E-state index contributed by atoms with van der Waals surface area (Å²) in [4.78, 5) is 28.2. The van der Waals surface area contributed by atoms with Gasteiger partial charge in [-0.05, 0) is 39.0 Å². The third-order valence-electron chi connectivity index (χ3n) is 5.36. The molecule has 3 rings (SSSR count). The zero-order valence-corrected chi connectivity index (χ0v) is 21.6. The van der Waals surface area contributed by atoms with E-state index in [0.29, 0.717) is 0 Å². The molecule has 1 aliphatic rings. The molecule has 206 valence electrons. The Morgan fingerprint density at radius 3 is 2.55 bits per heavy atom. The average molecular weight is 552 g/mol. The Bertz CT molecular complexity index is 1270. The molecule has 0 aliphatic carbocycles. The maximum Gasteiger partial charge on any atom is 0.459 e. The van der Waals surface area contributed by atoms with E-state index < -0.39 is 62.2 Å². The molecule has 1 fully saturated rings. The van der Waals surface area contributed by atoms with E-state index in [1.807, 2.05) is 0 Å². The standard InChI is InChI=1S/C23H29N4O10P/c1-5-23(19(29)18(28)20(36-23)27-12-11-17(25-32)24-22(27)31)13-34-38(33,37-16-9-7-6-8-10-16)26-15(4)21(30)35-14(2)3/h1,6-12,14-15,18-20,28-29,32H,13H2,2-4H3,(H,26,33)(H,24,25,31)/t15-,18?,19?,20+,23+,38?/m0/s1. The summed E-state index contributed by atoms with van der Waals surface area (Å²) in [6.07, 6.45) is 1.29. The van der Waals surface area contributed by atoms with Crippen LogP contribution in [-0.2, 0) is 23.4 Å². The van der Waals surface area contributed by atoms with Gasteiger partial charge in [-0.2, -0.15) is 10.1 Å². The molecule has 5 N–H and O–H groups in total. The minimum Gasteiger partial charge on any atom is -0.462 e. The average Bonchev–Trinajstić information content (AvgIpc) is 3.13. The highest BCUT2D eigenvalue weighted by atomic mass is 31.2. The second-order valence-corrected chi connectivity index (χ2v) is 10.3. The lowest BCUT2D eigenvalue weighted by Gasteiger charge is -2.29. The van der Waals surface area contributed by atoms with Crippen molar-refractivity contribution in [3.63, 3.8) is 0 Å². The molecule has 0 saturated carbocycles. The van der Waals surface area contributed by atoms with Gasteiger partial charge in [-0.1, -0.05) is 24.1 Å². The monoisotopic (exact) mass is 552 g/mol. The number of hydrogen-bond donors (Lipinski definition) is 5. The molecule has 38 heavy (non-hydrogen) atoms. The van der Waals surface area contributed by atoms with Crippen LogP contribution in [0.15, 0.2) is 47.4 Å². The Morgan fingerprint density at radius 1 is 1.29 bits per heavy atom. The van der Waals surface area contributed by atoms with Gasteiger partial charge in [0.15, 0.2) is 17.6 Å². The fourth-order valence-corrected chi connectivity index (χ4v) is 4.99. The Morgan fingerprint density at radius 2 is 1.97 bits per heavy atom. The van der Waals surface area contributed by atoms with Gasteiger partial charge in [0, 0.05) is 6.20 Å². The van der Waals surface area contributed by atoms with Crippen LogP contribution >= 0.6 is 7.75 Å². The van der Waals surface area contributed by atoms with Crippen molar-refractivity contribution in [3.8, 4) is 18.1 Å². The van der Waals surface area contributed by atoms with Crippen LogP contribution in [0.25, 0.3) is 0 Å². The number of terminal acetylenes is 1. The molecule has 0 radical (unpaired) electrons. The lowest BCUT2D eigenvalue weighted by molar-refractivity contribution is -0.149. The minimum absolute atomic E-state index is 0.128. The van der Waals surface area contributed by atoms with Crippen molar-refractivity contribution in [3.05, 3.63) is 53.1 Å². The highest BCUT2D eigenvalue weighted by molar-refractivity contribution is 7.52. The zero-order chi connectivity index (χ0) is 28.1. The first-order valence-corrected chi connectivity index (χ1v) is 13.0. The maximum atomic E-state index is 13.7. The third-order valence-corrected chi connectivity index (χ3v) is 6.99. The van der Waals surface area contributed by atoms with Gasteiger partial charge in [0.1, 0.15) is 30.6 Å². The number of hydrogen-bond acceptors (Lipinski definition) is 12. The fourth-order valence-electron chi connectivity index (χ4n) is 3.47. The number of carbonyl (C=O) groups excluding carboxylic acids is 1. The summed E-state index contributed by atoms with van der Waals surface area (Å²) in [6, 6.07) is 7.99. The summed E-state index contributed by atoms with van der Waals surface area (Å²) >= 11 is 0. The van der Waals surface area contributed by atoms with Crippen LogP contribution in [0.5, 0.6) is 5.75 Å². The number of para-hydroxylation sites is 1. The van der Waals surface area contributed by atoms with Crippen molar-refractivity contribution in [2.75, 3.05) is 12.1 Å². The summed E-state index contributed by atoms with van der Waals surface area (Å²) in [5.74, 6) is 1.43. The Balaban J connectivity index is 1.86. The molecule has 2 aromatic rings. The number of aliphatic hydroxyl groups is 2. The summed E-state index contributed by atoms with van der Waals surface area (Å²) in [5.41, 5.74) is -1.33. The SMILES string of the molecule is C#C[C@]1(COP(=O)(N[C@@H](C)C(=O)OC(C)C)Oc2ccccc2)O[C@@H](n2ccc(NO)nc2=O)C(O)C1O. The summed E-state index contributed by atoms with van der Waals surface area (Å²) in [5, 5.41) is 32.8. The van der Waals surface area contributed by atoms with Crippen molar-refractivity contribution >= 4 is 19.5 Å². The first-order valence-electron chi connectivity index (χ1n) is 11.4. The molecule has 1 aromatic heterocycles. The maximum absolute atomic E-state index is 13.7. The topological polar surface area (TPSA) is 191 Å². The molecule has 0 amide bonds. The first-order chi connectivity index (χ1) is 17.9. The fraction of sp³-hybridized carbons (Fsp3) is 0.435. The highest BCUT2D eigenvalue weighted by Gasteiger charge is 2.56. The van der Waals surface area contributed by atoms with Crippen LogP contribution in [0.3, 0.4) is 0 Å². The van der Waals surface area contributed by atoms with Crippen molar-refractivity contribution in [1.82, 2.24) is 14.6 Å². The molecule has 15 heteroatoms. The molecular weight excluding hydrogens is 523 g/mol. The minimum atomic E-state index is -4.40. The zero-order valence-electron chi connectivity index (χ0n) is 20.8. The largest absolute Gasteiger partial charge is 0.462 e. The predicted octanol–water partition coefficient (Wildman–Crippen LogP) is 0.800. The number of rotatable bonds is 11. The lowest BCUT2D eigenvalue weighted by Crippen LogP contribution is -2.46. The lowest BCUT2D eigenvalue weighted by atomic mass is 9.97. The molecular formula is C23H29N4O10P. The number of benzene rings is 1. The smallest absolute Gasteiger partial charge is 0.459 e. The van der Waals surface area contributed by atoms with Crippen molar-refractivity contribution < 1.29 is 43.3 Å². The Kier molecular flexibility index (Phi) is 9.29. The second-order valence-electron chi connectivity index (χ2n) is 8.60. The molecule has 14 nitrogen and oxygen atoms in total. The number of esters is 1. The summed E-state index contributed by atoms with van der Waals surface area (Å²) in [6.45, 7) is 3.89. The van der Waals surface area contributed by atoms with Gasteiger partial charge in [-0.3, -0.25) is 24.6 Å². The van der Waals surface area contributed by atoms with Crippen LogP contribution in [0, 0.1) is 12.3 Å². The number of nitrogens with one attached hydrogen (secondary N) is 2. The van der Waals surface area contributed by atoms with Crippen LogP contribution in [0.1, 0.15) is 27.0 Å². The second kappa shape index (κ2) is 12.1. The summed E-state index contributed by atoms with van der Waals surface area (Å²) < 4.78 is 36.5. The van der Waals surface area contributed by atoms with E-state index in [0.717, 1.165) is 10.8 Å². The Labute approximate surface area is 218 Å². The van der Waals surface area contributed by atoms with Crippen LogP contribution < -0.4 is 20.8 Å². The van der Waals surface area contributed by atoms with Crippen molar-refractivity contribution in [2.45, 2.75) is 57.0 Å². The molecule has 1 aliphatic heterocycles. The quantitative estimate of drug-likeness (QED) is 0.114. The van der Waals surface area contributed by atoms with E-state index in [4.69, 9.17) is 30.2 Å². The molecule has 1 aromatic carbocycles. The van der Waals surface area contributed by atoms with E-state index in [-0.39, 0.29) is 11.6 Å².